The fourth-order valence-electron chi connectivity index (χ4n) is 2.88. The summed E-state index contributed by atoms with van der Waals surface area (Å²) in [6, 6.07) is 4.58. The molecule has 2 N–H and O–H groups in total. The Hall–Kier alpha value is -0.420. The molecular weight excluding hydrogens is 475 g/mol. The second-order valence-electron chi connectivity index (χ2n) is 6.70. The van der Waals surface area contributed by atoms with E-state index >= 15 is 0 Å². The number of nitrogens with one attached hydrogen (secondary N) is 2. The lowest BCUT2D eigenvalue weighted by atomic mass is 10.2. The van der Waals surface area contributed by atoms with E-state index in [2.05, 4.69) is 54.1 Å². The second-order valence-corrected chi connectivity index (χ2v) is 7.68. The summed E-state index contributed by atoms with van der Waals surface area (Å²) < 4.78 is 11.3. The number of thiophene rings is 1. The molecule has 2 heterocycles. The van der Waals surface area contributed by atoms with Gasteiger partial charge in [0, 0.05) is 31.2 Å². The van der Waals surface area contributed by atoms with E-state index < -0.39 is 0 Å². The summed E-state index contributed by atoms with van der Waals surface area (Å²) in [5, 5.41) is 8.84. The average molecular weight is 510 g/mol. The number of halogens is 1. The molecule has 1 aromatic rings. The Kier molecular flexibility index (Phi) is 13.3. The molecule has 0 aliphatic carbocycles. The number of guanidine groups is 1. The lowest BCUT2D eigenvalue weighted by Crippen LogP contribution is -2.38. The van der Waals surface area contributed by atoms with Gasteiger partial charge in [-0.15, -0.1) is 35.3 Å². The zero-order valence-electron chi connectivity index (χ0n) is 16.8. The third-order valence-electron chi connectivity index (χ3n) is 4.35. The van der Waals surface area contributed by atoms with E-state index in [0.29, 0.717) is 12.1 Å². The summed E-state index contributed by atoms with van der Waals surface area (Å²) in [6.45, 7) is 6.89. The number of nitrogens with zero attached hydrogens (tertiary/aromatic N) is 2. The standard InChI is InChI=1S/C19H34N4O2S.HI/c1-4-20-19(21-10-7-11-24-15-16-8-5-12-25-16)22-14-17(23(2)3)18-9-6-13-26-18;/h6,9,13,16-17H,4-5,7-8,10-12,14-15H2,1-3H3,(H2,20,21,22);1H. The van der Waals surface area contributed by atoms with Crippen LogP contribution >= 0.6 is 35.3 Å². The molecule has 0 aromatic carbocycles. The van der Waals surface area contributed by atoms with Crippen LogP contribution in [0.2, 0.25) is 0 Å². The van der Waals surface area contributed by atoms with Gasteiger partial charge in [-0.2, -0.15) is 0 Å². The maximum atomic E-state index is 5.71. The summed E-state index contributed by atoms with van der Waals surface area (Å²) >= 11 is 1.78. The highest BCUT2D eigenvalue weighted by molar-refractivity contribution is 14.0. The first-order valence-electron chi connectivity index (χ1n) is 9.62. The average Bonchev–Trinajstić information content (AvgIpc) is 3.31. The molecule has 1 aliphatic rings. The quantitative estimate of drug-likeness (QED) is 0.208. The summed E-state index contributed by atoms with van der Waals surface area (Å²) in [4.78, 5) is 8.34. The van der Waals surface area contributed by atoms with Gasteiger partial charge in [0.25, 0.3) is 0 Å². The van der Waals surface area contributed by atoms with Gasteiger partial charge >= 0.3 is 0 Å². The van der Waals surface area contributed by atoms with E-state index in [-0.39, 0.29) is 24.0 Å². The van der Waals surface area contributed by atoms with Crippen molar-refractivity contribution in [3.8, 4) is 0 Å². The van der Waals surface area contributed by atoms with Gasteiger partial charge in [-0.05, 0) is 51.7 Å². The van der Waals surface area contributed by atoms with Crippen LogP contribution in [0.4, 0.5) is 0 Å². The van der Waals surface area contributed by atoms with Gasteiger partial charge in [0.15, 0.2) is 5.96 Å². The lowest BCUT2D eigenvalue weighted by Gasteiger charge is -2.22. The van der Waals surface area contributed by atoms with E-state index in [0.717, 1.165) is 64.7 Å². The predicted molar refractivity (Wildman–Crippen MR) is 125 cm³/mol. The number of aliphatic imine (C=N–C) groups is 1. The maximum Gasteiger partial charge on any atom is 0.191 e. The van der Waals surface area contributed by atoms with Crippen molar-refractivity contribution < 1.29 is 9.47 Å². The molecule has 8 heteroatoms. The summed E-state index contributed by atoms with van der Waals surface area (Å²) in [7, 11) is 4.21. The van der Waals surface area contributed by atoms with Crippen LogP contribution in [-0.2, 0) is 9.47 Å². The van der Waals surface area contributed by atoms with Gasteiger partial charge in [-0.25, -0.2) is 0 Å². The highest BCUT2D eigenvalue weighted by Gasteiger charge is 2.16. The fourth-order valence-corrected chi connectivity index (χ4v) is 3.79. The molecule has 1 fully saturated rings. The van der Waals surface area contributed by atoms with Gasteiger partial charge in [0.2, 0.25) is 0 Å². The van der Waals surface area contributed by atoms with Crippen LogP contribution in [0.15, 0.2) is 22.5 Å². The largest absolute Gasteiger partial charge is 0.379 e. The molecule has 2 rings (SSSR count). The van der Waals surface area contributed by atoms with Crippen LogP contribution in [0.1, 0.15) is 37.1 Å². The third kappa shape index (κ3) is 9.56. The minimum atomic E-state index is 0. The molecule has 1 aliphatic heterocycles. The predicted octanol–water partition coefficient (Wildman–Crippen LogP) is 3.11. The highest BCUT2D eigenvalue weighted by Crippen LogP contribution is 2.23. The van der Waals surface area contributed by atoms with Crippen molar-refractivity contribution in [2.75, 3.05) is 53.6 Å². The Morgan fingerprint density at radius 3 is 2.93 bits per heavy atom. The van der Waals surface area contributed by atoms with Crippen molar-refractivity contribution in [2.24, 2.45) is 4.99 Å². The van der Waals surface area contributed by atoms with Gasteiger partial charge in [0.1, 0.15) is 0 Å². The molecule has 0 bridgehead atoms. The monoisotopic (exact) mass is 510 g/mol. The third-order valence-corrected chi connectivity index (χ3v) is 5.32. The molecule has 6 nitrogen and oxygen atoms in total. The van der Waals surface area contributed by atoms with E-state index in [1.165, 1.54) is 4.88 Å². The van der Waals surface area contributed by atoms with E-state index in [4.69, 9.17) is 14.5 Å². The number of ether oxygens (including phenoxy) is 2. The first-order valence-corrected chi connectivity index (χ1v) is 10.5. The molecule has 156 valence electrons. The van der Waals surface area contributed by atoms with Crippen LogP contribution in [0.3, 0.4) is 0 Å². The zero-order valence-corrected chi connectivity index (χ0v) is 19.9. The number of likely N-dealkylation sites (N-methyl/N-ethyl adjacent to an activating group) is 1. The molecular formula is C19H35IN4O2S. The van der Waals surface area contributed by atoms with Crippen LogP contribution in [0, 0.1) is 0 Å². The second kappa shape index (κ2) is 14.6. The fraction of sp³-hybridized carbons (Fsp3) is 0.737. The van der Waals surface area contributed by atoms with Crippen molar-refractivity contribution in [3.05, 3.63) is 22.4 Å². The Morgan fingerprint density at radius 2 is 2.30 bits per heavy atom. The molecule has 1 aromatic heterocycles. The van der Waals surface area contributed by atoms with Gasteiger partial charge in [-0.3, -0.25) is 4.99 Å². The van der Waals surface area contributed by atoms with E-state index in [1.807, 2.05) is 0 Å². The Morgan fingerprint density at radius 1 is 1.44 bits per heavy atom. The van der Waals surface area contributed by atoms with Crippen LogP contribution in [-0.4, -0.2) is 70.5 Å². The van der Waals surface area contributed by atoms with Crippen molar-refractivity contribution >= 4 is 41.3 Å². The van der Waals surface area contributed by atoms with Crippen LogP contribution in [0.5, 0.6) is 0 Å². The molecule has 0 saturated carbocycles. The smallest absolute Gasteiger partial charge is 0.191 e. The molecule has 0 radical (unpaired) electrons. The van der Waals surface area contributed by atoms with Gasteiger partial charge in [0.05, 0.1) is 25.3 Å². The van der Waals surface area contributed by atoms with Crippen LogP contribution in [0.25, 0.3) is 0 Å². The topological polar surface area (TPSA) is 58.1 Å². The molecule has 27 heavy (non-hydrogen) atoms. The minimum Gasteiger partial charge on any atom is -0.379 e. The number of hydrogen-bond donors (Lipinski definition) is 2. The normalized spacial score (nSPS) is 18.4. The zero-order chi connectivity index (χ0) is 18.6. The maximum absolute atomic E-state index is 5.71. The number of rotatable bonds is 11. The first kappa shape index (κ1) is 24.6. The van der Waals surface area contributed by atoms with Crippen molar-refractivity contribution in [1.29, 1.82) is 0 Å². The summed E-state index contributed by atoms with van der Waals surface area (Å²) in [5.74, 6) is 0.870. The Labute approximate surface area is 185 Å². The van der Waals surface area contributed by atoms with E-state index in [9.17, 15) is 0 Å². The van der Waals surface area contributed by atoms with Crippen LogP contribution < -0.4 is 10.6 Å². The number of hydrogen-bond acceptors (Lipinski definition) is 5. The Bertz CT molecular complexity index is 508. The van der Waals surface area contributed by atoms with Crippen molar-refractivity contribution in [2.45, 2.75) is 38.3 Å². The summed E-state index contributed by atoms with van der Waals surface area (Å²) in [5.41, 5.74) is 0. The molecule has 0 amide bonds. The van der Waals surface area contributed by atoms with Gasteiger partial charge in [-0.1, -0.05) is 6.07 Å². The SMILES string of the molecule is CCNC(=NCC(c1cccs1)N(C)C)NCCCOCC1CCCO1.I. The lowest BCUT2D eigenvalue weighted by molar-refractivity contribution is 0.0168. The van der Waals surface area contributed by atoms with Crippen molar-refractivity contribution in [3.63, 3.8) is 0 Å². The van der Waals surface area contributed by atoms with E-state index in [1.54, 1.807) is 11.3 Å². The Balaban J connectivity index is 0.00000364. The van der Waals surface area contributed by atoms with Crippen molar-refractivity contribution in [1.82, 2.24) is 15.5 Å². The highest BCUT2D eigenvalue weighted by atomic mass is 127. The molecule has 2 atom stereocenters. The van der Waals surface area contributed by atoms with Gasteiger partial charge < -0.3 is 25.0 Å². The minimum absolute atomic E-state index is 0. The summed E-state index contributed by atoms with van der Waals surface area (Å²) in [6.07, 6.45) is 3.56. The molecule has 0 spiro atoms. The molecule has 1 saturated heterocycles. The first-order chi connectivity index (χ1) is 12.7. The molecule has 2 unspecified atom stereocenters.